The molecule has 0 amide bonds. The van der Waals surface area contributed by atoms with E-state index in [0.717, 1.165) is 5.56 Å². The van der Waals surface area contributed by atoms with Crippen molar-refractivity contribution in [1.29, 1.82) is 0 Å². The Morgan fingerprint density at radius 3 is 2.36 bits per heavy atom. The van der Waals surface area contributed by atoms with Crippen molar-refractivity contribution >= 4 is 10.0 Å². The molecule has 0 bridgehead atoms. The van der Waals surface area contributed by atoms with Gasteiger partial charge in [-0.3, -0.25) is 4.68 Å². The summed E-state index contributed by atoms with van der Waals surface area (Å²) < 4.78 is 40.1. The van der Waals surface area contributed by atoms with E-state index in [1.807, 2.05) is 27.0 Å². The quantitative estimate of drug-likeness (QED) is 0.680. The SMILES string of the molecule is CCOc1ccc(S(=O)(=O)N(CC)Cc2cnn(C)c2)cc1OCC. The molecule has 0 N–H and O–H groups in total. The molecule has 0 saturated carbocycles. The van der Waals surface area contributed by atoms with E-state index in [1.54, 1.807) is 30.1 Å². The molecule has 1 aromatic carbocycles. The van der Waals surface area contributed by atoms with E-state index in [4.69, 9.17) is 9.47 Å². The number of benzene rings is 1. The molecule has 2 aromatic rings. The molecule has 7 nitrogen and oxygen atoms in total. The van der Waals surface area contributed by atoms with Crippen molar-refractivity contribution in [2.24, 2.45) is 7.05 Å². The van der Waals surface area contributed by atoms with Gasteiger partial charge in [-0.05, 0) is 26.0 Å². The molecule has 0 radical (unpaired) electrons. The van der Waals surface area contributed by atoms with E-state index in [9.17, 15) is 8.42 Å². The number of aromatic nitrogens is 2. The summed E-state index contributed by atoms with van der Waals surface area (Å²) in [5, 5.41) is 4.09. The maximum absolute atomic E-state index is 13.0. The van der Waals surface area contributed by atoms with E-state index in [0.29, 0.717) is 31.3 Å². The Bertz CT molecular complexity index is 802. The van der Waals surface area contributed by atoms with Crippen LogP contribution in [0.4, 0.5) is 0 Å². The number of hydrogen-bond acceptors (Lipinski definition) is 5. The van der Waals surface area contributed by atoms with Gasteiger partial charge in [0.2, 0.25) is 10.0 Å². The van der Waals surface area contributed by atoms with Gasteiger partial charge in [-0.1, -0.05) is 6.92 Å². The van der Waals surface area contributed by atoms with Crippen LogP contribution in [-0.4, -0.2) is 42.3 Å². The van der Waals surface area contributed by atoms with Gasteiger partial charge >= 0.3 is 0 Å². The molecule has 1 heterocycles. The standard InChI is InChI=1S/C17H25N3O4S/c1-5-20(13-14-11-18-19(4)12-14)25(21,22)15-8-9-16(23-6-2)17(10-15)24-7-3/h8-12H,5-7,13H2,1-4H3. The molecular formula is C17H25N3O4S. The third kappa shape index (κ3) is 4.52. The van der Waals surface area contributed by atoms with Crippen LogP contribution >= 0.6 is 0 Å². The third-order valence-electron chi connectivity index (χ3n) is 3.62. The lowest BCUT2D eigenvalue weighted by atomic mass is 10.3. The second kappa shape index (κ2) is 8.35. The Morgan fingerprint density at radius 1 is 1.12 bits per heavy atom. The molecule has 0 atom stereocenters. The summed E-state index contributed by atoms with van der Waals surface area (Å²) in [5.41, 5.74) is 0.837. The highest BCUT2D eigenvalue weighted by molar-refractivity contribution is 7.89. The van der Waals surface area contributed by atoms with Crippen LogP contribution < -0.4 is 9.47 Å². The first kappa shape index (κ1) is 19.3. The van der Waals surface area contributed by atoms with Crippen LogP contribution in [0.25, 0.3) is 0 Å². The second-order valence-corrected chi connectivity index (χ2v) is 7.37. The van der Waals surface area contributed by atoms with Crippen LogP contribution in [0, 0.1) is 0 Å². The van der Waals surface area contributed by atoms with Gasteiger partial charge in [0.15, 0.2) is 11.5 Å². The predicted molar refractivity (Wildman–Crippen MR) is 95.3 cm³/mol. The van der Waals surface area contributed by atoms with Crippen molar-refractivity contribution < 1.29 is 17.9 Å². The first-order valence-electron chi connectivity index (χ1n) is 8.29. The smallest absolute Gasteiger partial charge is 0.243 e. The maximum Gasteiger partial charge on any atom is 0.243 e. The van der Waals surface area contributed by atoms with Crippen LogP contribution in [0.1, 0.15) is 26.3 Å². The van der Waals surface area contributed by atoms with E-state index in [2.05, 4.69) is 5.10 Å². The number of ether oxygens (including phenoxy) is 2. The minimum absolute atomic E-state index is 0.185. The first-order valence-corrected chi connectivity index (χ1v) is 9.73. The van der Waals surface area contributed by atoms with E-state index in [1.165, 1.54) is 10.4 Å². The Balaban J connectivity index is 2.34. The highest BCUT2D eigenvalue weighted by Crippen LogP contribution is 2.31. The highest BCUT2D eigenvalue weighted by Gasteiger charge is 2.25. The number of sulfonamides is 1. The van der Waals surface area contributed by atoms with Gasteiger partial charge in [0, 0.05) is 38.0 Å². The van der Waals surface area contributed by atoms with Crippen LogP contribution in [-0.2, 0) is 23.6 Å². The fraction of sp³-hybridized carbons (Fsp3) is 0.471. The van der Waals surface area contributed by atoms with Gasteiger partial charge in [-0.2, -0.15) is 9.40 Å². The van der Waals surface area contributed by atoms with E-state index < -0.39 is 10.0 Å². The fourth-order valence-corrected chi connectivity index (χ4v) is 3.92. The average Bonchev–Trinajstić information content (AvgIpc) is 2.99. The molecule has 0 fully saturated rings. The summed E-state index contributed by atoms with van der Waals surface area (Å²) in [5.74, 6) is 0.974. The summed E-state index contributed by atoms with van der Waals surface area (Å²) >= 11 is 0. The molecule has 0 aliphatic carbocycles. The van der Waals surface area contributed by atoms with Gasteiger partial charge < -0.3 is 9.47 Å². The van der Waals surface area contributed by atoms with Crippen LogP contribution in [0.15, 0.2) is 35.5 Å². The van der Waals surface area contributed by atoms with Gasteiger partial charge in [-0.15, -0.1) is 0 Å². The number of rotatable bonds is 9. The van der Waals surface area contributed by atoms with E-state index >= 15 is 0 Å². The Hall–Kier alpha value is -2.06. The molecule has 0 aliphatic heterocycles. The molecule has 2 rings (SSSR count). The maximum atomic E-state index is 13.0. The molecule has 8 heteroatoms. The van der Waals surface area contributed by atoms with Gasteiger partial charge in [-0.25, -0.2) is 8.42 Å². The Kier molecular flexibility index (Phi) is 6.44. The monoisotopic (exact) mass is 367 g/mol. The lowest BCUT2D eigenvalue weighted by Gasteiger charge is -2.21. The summed E-state index contributed by atoms with van der Waals surface area (Å²) in [6.07, 6.45) is 3.48. The highest BCUT2D eigenvalue weighted by atomic mass is 32.2. The largest absolute Gasteiger partial charge is 0.490 e. The summed E-state index contributed by atoms with van der Waals surface area (Å²) in [4.78, 5) is 0.185. The number of hydrogen-bond donors (Lipinski definition) is 0. The number of nitrogens with zero attached hydrogens (tertiary/aromatic N) is 3. The van der Waals surface area contributed by atoms with Crippen LogP contribution in [0.2, 0.25) is 0 Å². The minimum atomic E-state index is -3.65. The zero-order valence-electron chi connectivity index (χ0n) is 15.1. The fourth-order valence-electron chi connectivity index (χ4n) is 2.46. The lowest BCUT2D eigenvalue weighted by molar-refractivity contribution is 0.287. The topological polar surface area (TPSA) is 73.7 Å². The molecular weight excluding hydrogens is 342 g/mol. The zero-order valence-corrected chi connectivity index (χ0v) is 15.9. The predicted octanol–water partition coefficient (Wildman–Crippen LogP) is 2.43. The molecule has 1 aromatic heterocycles. The zero-order chi connectivity index (χ0) is 18.4. The van der Waals surface area contributed by atoms with Crippen molar-refractivity contribution in [3.8, 4) is 11.5 Å². The lowest BCUT2D eigenvalue weighted by Crippen LogP contribution is -2.30. The minimum Gasteiger partial charge on any atom is -0.490 e. The summed E-state index contributed by atoms with van der Waals surface area (Å²) in [6.45, 7) is 7.06. The molecule has 0 unspecified atom stereocenters. The molecule has 25 heavy (non-hydrogen) atoms. The van der Waals surface area contributed by atoms with Crippen molar-refractivity contribution in [2.45, 2.75) is 32.2 Å². The summed E-state index contributed by atoms with van der Waals surface area (Å²) in [6, 6.07) is 4.71. The van der Waals surface area contributed by atoms with Gasteiger partial charge in [0.25, 0.3) is 0 Å². The molecule has 0 saturated heterocycles. The molecule has 138 valence electrons. The normalized spacial score (nSPS) is 11.7. The van der Waals surface area contributed by atoms with Crippen molar-refractivity contribution in [3.05, 3.63) is 36.2 Å². The van der Waals surface area contributed by atoms with Gasteiger partial charge in [0.1, 0.15) is 0 Å². The van der Waals surface area contributed by atoms with Crippen LogP contribution in [0.3, 0.4) is 0 Å². The van der Waals surface area contributed by atoms with Crippen molar-refractivity contribution in [2.75, 3.05) is 19.8 Å². The van der Waals surface area contributed by atoms with Crippen molar-refractivity contribution in [1.82, 2.24) is 14.1 Å². The van der Waals surface area contributed by atoms with E-state index in [-0.39, 0.29) is 11.4 Å². The Morgan fingerprint density at radius 2 is 1.80 bits per heavy atom. The first-order chi connectivity index (χ1) is 11.9. The number of aryl methyl sites for hydroxylation is 1. The second-order valence-electron chi connectivity index (χ2n) is 5.43. The summed E-state index contributed by atoms with van der Waals surface area (Å²) in [7, 11) is -1.85. The Labute approximate surface area is 149 Å². The molecule has 0 spiro atoms. The molecule has 0 aliphatic rings. The average molecular weight is 367 g/mol. The van der Waals surface area contributed by atoms with Gasteiger partial charge in [0.05, 0.1) is 24.3 Å². The van der Waals surface area contributed by atoms with Crippen LogP contribution in [0.5, 0.6) is 11.5 Å². The van der Waals surface area contributed by atoms with Crippen molar-refractivity contribution in [3.63, 3.8) is 0 Å². The third-order valence-corrected chi connectivity index (χ3v) is 5.54.